The number of rotatable bonds is 53. The number of carbonyl (C=O) groups is 2. The molecule has 6 heteroatoms. The lowest BCUT2D eigenvalue weighted by Crippen LogP contribution is -2.45. The molecule has 0 saturated heterocycles. The molecule has 0 aliphatic carbocycles. The molecule has 0 bridgehead atoms. The standard InChI is InChI=1S/C58H111NO5/c1-3-5-7-9-11-13-15-16-17-18-19-23-26-29-32-36-40-44-48-52-58(63)64-53-49-45-41-37-33-30-27-24-21-20-22-25-28-31-35-39-43-47-51-57(62)59-55(54-60)56(61)50-46-42-38-34-14-12-10-8-6-4-2/h22,25,46,50,55-56,60-61H,3-21,23-24,26-45,47-49,51-54H2,1-2H3,(H,59,62)/b25-22-,50-46+. The first-order valence-corrected chi connectivity index (χ1v) is 28.6. The number of ether oxygens (including phenoxy) is 1. The monoisotopic (exact) mass is 902 g/mol. The minimum absolute atomic E-state index is 0.00666. The van der Waals surface area contributed by atoms with Crippen LogP contribution in [0.4, 0.5) is 0 Å². The summed E-state index contributed by atoms with van der Waals surface area (Å²) in [7, 11) is 0. The van der Waals surface area contributed by atoms with Gasteiger partial charge in [0.1, 0.15) is 0 Å². The topological polar surface area (TPSA) is 95.9 Å². The summed E-state index contributed by atoms with van der Waals surface area (Å²) in [5.74, 6) is -0.0772. The molecular formula is C58H111NO5. The highest BCUT2D eigenvalue weighted by molar-refractivity contribution is 5.76. The van der Waals surface area contributed by atoms with Gasteiger partial charge in [-0.2, -0.15) is 0 Å². The molecule has 0 aliphatic rings. The van der Waals surface area contributed by atoms with Crippen molar-refractivity contribution in [2.24, 2.45) is 0 Å². The average molecular weight is 903 g/mol. The molecule has 0 aromatic rings. The fourth-order valence-electron chi connectivity index (χ4n) is 8.81. The molecule has 0 spiro atoms. The third-order valence-corrected chi connectivity index (χ3v) is 13.2. The lowest BCUT2D eigenvalue weighted by molar-refractivity contribution is -0.143. The van der Waals surface area contributed by atoms with Crippen LogP contribution in [0.5, 0.6) is 0 Å². The Morgan fingerprint density at radius 3 is 1.11 bits per heavy atom. The molecule has 2 atom stereocenters. The van der Waals surface area contributed by atoms with Crippen LogP contribution in [0.1, 0.15) is 309 Å². The third kappa shape index (κ3) is 49.8. The van der Waals surface area contributed by atoms with Gasteiger partial charge in [-0.25, -0.2) is 0 Å². The second-order valence-corrected chi connectivity index (χ2v) is 19.6. The van der Waals surface area contributed by atoms with Crippen LogP contribution in [-0.2, 0) is 14.3 Å². The van der Waals surface area contributed by atoms with E-state index in [9.17, 15) is 19.8 Å². The molecule has 0 fully saturated rings. The number of aliphatic hydroxyl groups excluding tert-OH is 2. The summed E-state index contributed by atoms with van der Waals surface area (Å²) in [6.45, 7) is 4.88. The van der Waals surface area contributed by atoms with E-state index in [1.807, 2.05) is 6.08 Å². The van der Waals surface area contributed by atoms with Crippen LogP contribution in [0, 0.1) is 0 Å². The molecule has 378 valence electrons. The summed E-state index contributed by atoms with van der Waals surface area (Å²) in [6.07, 6.45) is 64.9. The number of allylic oxidation sites excluding steroid dienone is 3. The summed E-state index contributed by atoms with van der Waals surface area (Å²) in [5.41, 5.74) is 0. The first-order valence-electron chi connectivity index (χ1n) is 28.6. The van der Waals surface area contributed by atoms with Crippen LogP contribution in [0.2, 0.25) is 0 Å². The van der Waals surface area contributed by atoms with Crippen molar-refractivity contribution in [1.82, 2.24) is 5.32 Å². The number of amides is 1. The zero-order chi connectivity index (χ0) is 46.5. The number of hydrogen-bond donors (Lipinski definition) is 3. The van der Waals surface area contributed by atoms with Gasteiger partial charge in [0.15, 0.2) is 0 Å². The molecule has 6 nitrogen and oxygen atoms in total. The molecule has 1 amide bonds. The van der Waals surface area contributed by atoms with E-state index in [0.717, 1.165) is 57.8 Å². The van der Waals surface area contributed by atoms with Gasteiger partial charge in [-0.1, -0.05) is 263 Å². The van der Waals surface area contributed by atoms with E-state index < -0.39 is 12.1 Å². The molecule has 0 heterocycles. The van der Waals surface area contributed by atoms with Crippen LogP contribution in [0.3, 0.4) is 0 Å². The molecule has 0 rings (SSSR count). The lowest BCUT2D eigenvalue weighted by atomic mass is 10.0. The van der Waals surface area contributed by atoms with Crippen molar-refractivity contribution in [3.8, 4) is 0 Å². The Balaban J connectivity index is 3.41. The van der Waals surface area contributed by atoms with Gasteiger partial charge in [-0.3, -0.25) is 9.59 Å². The molecule has 0 aromatic heterocycles. The lowest BCUT2D eigenvalue weighted by Gasteiger charge is -2.20. The number of carbonyl (C=O) groups excluding carboxylic acids is 2. The summed E-state index contributed by atoms with van der Waals surface area (Å²) in [6, 6.07) is -0.636. The maximum absolute atomic E-state index is 12.4. The summed E-state index contributed by atoms with van der Waals surface area (Å²) >= 11 is 0. The fraction of sp³-hybridized carbons (Fsp3) is 0.897. The fourth-order valence-corrected chi connectivity index (χ4v) is 8.81. The Kier molecular flexibility index (Phi) is 52.6. The van der Waals surface area contributed by atoms with Crippen LogP contribution < -0.4 is 5.32 Å². The smallest absolute Gasteiger partial charge is 0.305 e. The van der Waals surface area contributed by atoms with Gasteiger partial charge in [0, 0.05) is 12.8 Å². The van der Waals surface area contributed by atoms with Crippen molar-refractivity contribution >= 4 is 11.9 Å². The Morgan fingerprint density at radius 1 is 0.422 bits per heavy atom. The van der Waals surface area contributed by atoms with E-state index in [-0.39, 0.29) is 18.5 Å². The molecule has 64 heavy (non-hydrogen) atoms. The SMILES string of the molecule is CCCCCCCCCC/C=C/C(O)C(CO)NC(=O)CCCCCCC/C=C\CCCCCCCCCCCOC(=O)CCCCCCCCCCCCCCCCCCCCC. The number of hydrogen-bond acceptors (Lipinski definition) is 5. The molecule has 3 N–H and O–H groups in total. The first-order chi connectivity index (χ1) is 31.5. The predicted molar refractivity (Wildman–Crippen MR) is 278 cm³/mol. The maximum atomic E-state index is 12.4. The van der Waals surface area contributed by atoms with Gasteiger partial charge < -0.3 is 20.3 Å². The van der Waals surface area contributed by atoms with Crippen molar-refractivity contribution in [2.75, 3.05) is 13.2 Å². The second-order valence-electron chi connectivity index (χ2n) is 19.6. The Labute approximate surface area is 399 Å². The minimum atomic E-state index is -0.851. The maximum Gasteiger partial charge on any atom is 0.305 e. The van der Waals surface area contributed by atoms with Crippen molar-refractivity contribution in [3.63, 3.8) is 0 Å². The van der Waals surface area contributed by atoms with E-state index in [4.69, 9.17) is 4.74 Å². The van der Waals surface area contributed by atoms with Crippen LogP contribution in [-0.4, -0.2) is 47.4 Å². The largest absolute Gasteiger partial charge is 0.466 e. The van der Waals surface area contributed by atoms with Crippen molar-refractivity contribution in [3.05, 3.63) is 24.3 Å². The summed E-state index contributed by atoms with van der Waals surface area (Å²) < 4.78 is 5.49. The Morgan fingerprint density at radius 2 is 0.734 bits per heavy atom. The van der Waals surface area contributed by atoms with Crippen LogP contribution >= 0.6 is 0 Å². The van der Waals surface area contributed by atoms with Gasteiger partial charge in [-0.15, -0.1) is 0 Å². The van der Waals surface area contributed by atoms with E-state index in [0.29, 0.717) is 19.4 Å². The first kappa shape index (κ1) is 62.3. The van der Waals surface area contributed by atoms with E-state index in [2.05, 4.69) is 31.3 Å². The highest BCUT2D eigenvalue weighted by Crippen LogP contribution is 2.17. The molecule has 0 aromatic carbocycles. The summed E-state index contributed by atoms with van der Waals surface area (Å²) in [4.78, 5) is 24.5. The van der Waals surface area contributed by atoms with E-state index in [1.54, 1.807) is 6.08 Å². The van der Waals surface area contributed by atoms with Crippen LogP contribution in [0.25, 0.3) is 0 Å². The molecular weight excluding hydrogens is 791 g/mol. The van der Waals surface area contributed by atoms with Crippen molar-refractivity contribution in [1.29, 1.82) is 0 Å². The van der Waals surface area contributed by atoms with Gasteiger partial charge in [0.2, 0.25) is 5.91 Å². The van der Waals surface area contributed by atoms with Gasteiger partial charge >= 0.3 is 5.97 Å². The van der Waals surface area contributed by atoms with E-state index >= 15 is 0 Å². The number of nitrogens with one attached hydrogen (secondary N) is 1. The molecule has 0 saturated carbocycles. The van der Waals surface area contributed by atoms with Crippen molar-refractivity contribution in [2.45, 2.75) is 321 Å². The molecule has 0 aliphatic heterocycles. The Hall–Kier alpha value is -1.66. The van der Waals surface area contributed by atoms with Gasteiger partial charge in [-0.05, 0) is 57.8 Å². The van der Waals surface area contributed by atoms with Gasteiger partial charge in [0.05, 0.1) is 25.4 Å². The summed E-state index contributed by atoms with van der Waals surface area (Å²) in [5, 5.41) is 22.9. The molecule has 0 radical (unpaired) electrons. The van der Waals surface area contributed by atoms with Crippen LogP contribution in [0.15, 0.2) is 24.3 Å². The highest BCUT2D eigenvalue weighted by Gasteiger charge is 2.18. The minimum Gasteiger partial charge on any atom is -0.466 e. The normalized spacial score (nSPS) is 12.8. The Bertz CT molecular complexity index is 997. The van der Waals surface area contributed by atoms with Crippen molar-refractivity contribution < 1.29 is 24.5 Å². The number of esters is 1. The quantitative estimate of drug-likeness (QED) is 0.0321. The second kappa shape index (κ2) is 54.0. The number of unbranched alkanes of at least 4 members (excludes halogenated alkanes) is 40. The van der Waals surface area contributed by atoms with E-state index in [1.165, 1.54) is 225 Å². The van der Waals surface area contributed by atoms with Gasteiger partial charge in [0.25, 0.3) is 0 Å². The highest BCUT2D eigenvalue weighted by atomic mass is 16.5. The third-order valence-electron chi connectivity index (χ3n) is 13.2. The number of aliphatic hydroxyl groups is 2. The predicted octanol–water partition coefficient (Wildman–Crippen LogP) is 17.5. The average Bonchev–Trinajstić information content (AvgIpc) is 3.29. The zero-order valence-electron chi connectivity index (χ0n) is 43.0. The molecule has 2 unspecified atom stereocenters. The zero-order valence-corrected chi connectivity index (χ0v) is 43.0.